The third-order valence-electron chi connectivity index (χ3n) is 5.88. The van der Waals surface area contributed by atoms with Crippen molar-refractivity contribution in [2.75, 3.05) is 7.05 Å². The highest BCUT2D eigenvalue weighted by atomic mass is 16.5. The zero-order chi connectivity index (χ0) is 19.5. The maximum atomic E-state index is 11.6. The van der Waals surface area contributed by atoms with E-state index in [9.17, 15) is 19.2 Å². The Labute approximate surface area is 163 Å². The summed E-state index contributed by atoms with van der Waals surface area (Å²) >= 11 is 0. The van der Waals surface area contributed by atoms with E-state index in [-0.39, 0.29) is 79.1 Å². The summed E-state index contributed by atoms with van der Waals surface area (Å²) in [6.45, 7) is 4.00. The van der Waals surface area contributed by atoms with Crippen LogP contribution in [0.25, 0.3) is 0 Å². The smallest absolute Gasteiger partial charge is 0.235 e. The SMILES string of the molecule is C.CC.CN1C(=O)C2C3C=CC(O3)C2C1=O.O=C1NC(=O)C2C3C=CC(O3)C12. The van der Waals surface area contributed by atoms with E-state index in [1.165, 1.54) is 4.90 Å². The lowest BCUT2D eigenvalue weighted by Crippen LogP contribution is -2.30. The Kier molecular flexibility index (Phi) is 5.29. The normalized spacial score (nSPS) is 42.5. The molecular formula is C20H26N2O6. The second-order valence-corrected chi connectivity index (χ2v) is 7.09. The van der Waals surface area contributed by atoms with Crippen LogP contribution in [0, 0.1) is 23.7 Å². The second-order valence-electron chi connectivity index (χ2n) is 7.09. The molecule has 0 aromatic carbocycles. The number of nitrogens with zero attached hydrogens (tertiary/aromatic N) is 1. The fourth-order valence-electron chi connectivity index (χ4n) is 4.67. The number of rotatable bonds is 0. The minimum atomic E-state index is -0.257. The molecule has 0 aromatic rings. The molecule has 8 unspecified atom stereocenters. The van der Waals surface area contributed by atoms with E-state index in [4.69, 9.17) is 9.47 Å². The van der Waals surface area contributed by atoms with E-state index in [2.05, 4.69) is 5.32 Å². The summed E-state index contributed by atoms with van der Waals surface area (Å²) in [6.07, 6.45) is 6.87. The first-order valence-electron chi connectivity index (χ1n) is 9.31. The summed E-state index contributed by atoms with van der Waals surface area (Å²) in [4.78, 5) is 46.8. The Morgan fingerprint density at radius 3 is 1.39 bits per heavy atom. The maximum Gasteiger partial charge on any atom is 0.235 e. The van der Waals surface area contributed by atoms with E-state index in [1.54, 1.807) is 7.05 Å². The summed E-state index contributed by atoms with van der Waals surface area (Å²) in [6, 6.07) is 0. The van der Waals surface area contributed by atoms with Crippen molar-refractivity contribution in [3.05, 3.63) is 24.3 Å². The number of amides is 4. The first kappa shape index (κ1) is 20.4. The van der Waals surface area contributed by atoms with Gasteiger partial charge in [-0.3, -0.25) is 29.4 Å². The molecule has 0 aliphatic carbocycles. The minimum Gasteiger partial charge on any atom is -0.365 e. The Morgan fingerprint density at radius 2 is 1.04 bits per heavy atom. The fourth-order valence-corrected chi connectivity index (χ4v) is 4.67. The molecule has 4 fully saturated rings. The lowest BCUT2D eigenvalue weighted by Gasteiger charge is -2.10. The molecule has 8 heteroatoms. The van der Waals surface area contributed by atoms with Crippen LogP contribution in [0.3, 0.4) is 0 Å². The monoisotopic (exact) mass is 390 g/mol. The molecule has 8 atom stereocenters. The molecule has 6 rings (SSSR count). The zero-order valence-electron chi connectivity index (χ0n) is 15.3. The van der Waals surface area contributed by atoms with Crippen LogP contribution < -0.4 is 5.32 Å². The fraction of sp³-hybridized carbons (Fsp3) is 0.600. The average Bonchev–Trinajstić information content (AvgIpc) is 3.49. The molecular weight excluding hydrogens is 364 g/mol. The van der Waals surface area contributed by atoms with Gasteiger partial charge in [-0.2, -0.15) is 0 Å². The lowest BCUT2D eigenvalue weighted by atomic mass is 9.85. The van der Waals surface area contributed by atoms with E-state index in [1.807, 2.05) is 38.2 Å². The van der Waals surface area contributed by atoms with E-state index < -0.39 is 0 Å². The predicted octanol–water partition coefficient (Wildman–Crippen LogP) is 0.429. The van der Waals surface area contributed by atoms with E-state index in [0.717, 1.165) is 0 Å². The first-order chi connectivity index (χ1) is 13.0. The van der Waals surface area contributed by atoms with Gasteiger partial charge in [0.05, 0.1) is 48.1 Å². The van der Waals surface area contributed by atoms with Crippen LogP contribution >= 0.6 is 0 Å². The molecule has 6 aliphatic rings. The van der Waals surface area contributed by atoms with Crippen molar-refractivity contribution in [1.82, 2.24) is 10.2 Å². The number of carbonyl (C=O) groups excluding carboxylic acids is 4. The summed E-state index contributed by atoms with van der Waals surface area (Å²) in [7, 11) is 1.54. The van der Waals surface area contributed by atoms with E-state index >= 15 is 0 Å². The van der Waals surface area contributed by atoms with Crippen molar-refractivity contribution < 1.29 is 28.7 Å². The van der Waals surface area contributed by atoms with Crippen LogP contribution in [0.2, 0.25) is 0 Å². The molecule has 0 radical (unpaired) electrons. The number of fused-ring (bicyclic) bond motifs is 10. The van der Waals surface area contributed by atoms with Gasteiger partial charge >= 0.3 is 0 Å². The second kappa shape index (κ2) is 7.25. The Hall–Kier alpha value is -2.32. The quantitative estimate of drug-likeness (QED) is 0.475. The molecule has 28 heavy (non-hydrogen) atoms. The molecule has 6 aliphatic heterocycles. The summed E-state index contributed by atoms with van der Waals surface area (Å²) in [5.41, 5.74) is 0. The Balaban J connectivity index is 0.000000144. The van der Waals surface area contributed by atoms with Crippen LogP contribution in [0.4, 0.5) is 0 Å². The maximum absolute atomic E-state index is 11.6. The molecule has 8 nitrogen and oxygen atoms in total. The lowest BCUT2D eigenvalue weighted by molar-refractivity contribution is -0.140. The van der Waals surface area contributed by atoms with Gasteiger partial charge in [0, 0.05) is 7.05 Å². The third kappa shape index (κ3) is 2.66. The molecule has 152 valence electrons. The highest BCUT2D eigenvalue weighted by molar-refractivity contribution is 6.07. The van der Waals surface area contributed by atoms with Crippen molar-refractivity contribution in [2.45, 2.75) is 45.7 Å². The molecule has 6 heterocycles. The third-order valence-corrected chi connectivity index (χ3v) is 5.88. The van der Waals surface area contributed by atoms with Crippen molar-refractivity contribution >= 4 is 23.6 Å². The highest BCUT2D eigenvalue weighted by Crippen LogP contribution is 2.44. The van der Waals surface area contributed by atoms with Crippen molar-refractivity contribution in [3.63, 3.8) is 0 Å². The van der Waals surface area contributed by atoms with Gasteiger partial charge in [-0.15, -0.1) is 0 Å². The summed E-state index contributed by atoms with van der Waals surface area (Å²) in [5, 5.41) is 2.32. The summed E-state index contributed by atoms with van der Waals surface area (Å²) in [5.74, 6) is -1.54. The van der Waals surface area contributed by atoms with Gasteiger partial charge < -0.3 is 9.47 Å². The average molecular weight is 390 g/mol. The van der Waals surface area contributed by atoms with Crippen molar-refractivity contribution in [3.8, 4) is 0 Å². The minimum absolute atomic E-state index is 0. The molecule has 0 spiro atoms. The largest absolute Gasteiger partial charge is 0.365 e. The number of ether oxygens (including phenoxy) is 2. The molecule has 4 saturated heterocycles. The van der Waals surface area contributed by atoms with Crippen LogP contribution in [0.15, 0.2) is 24.3 Å². The van der Waals surface area contributed by atoms with Crippen LogP contribution in [0.1, 0.15) is 21.3 Å². The van der Waals surface area contributed by atoms with Gasteiger partial charge in [0.2, 0.25) is 23.6 Å². The molecule has 4 bridgehead atoms. The van der Waals surface area contributed by atoms with E-state index in [0.29, 0.717) is 0 Å². The Morgan fingerprint density at radius 1 is 0.714 bits per heavy atom. The number of hydrogen-bond acceptors (Lipinski definition) is 6. The number of carbonyl (C=O) groups is 4. The molecule has 1 N–H and O–H groups in total. The Bertz CT molecular complexity index is 717. The standard InChI is InChI=1S/C9H9NO3.C8H7NO3.C2H6.CH4/c1-10-8(11)6-4-2-3-5(13-4)7(6)9(10)12;10-7-5-3-1-2-4(12-3)6(5)8(11)9-7;1-2;/h2-7H,1H3;1-6H,(H,9,10,11);1-2H3;1H4. The summed E-state index contributed by atoms with van der Waals surface area (Å²) < 4.78 is 10.8. The van der Waals surface area contributed by atoms with Crippen LogP contribution in [-0.2, 0) is 28.7 Å². The van der Waals surface area contributed by atoms with Crippen molar-refractivity contribution in [2.24, 2.45) is 23.7 Å². The van der Waals surface area contributed by atoms with Gasteiger partial charge in [-0.25, -0.2) is 0 Å². The molecule has 0 aromatic heterocycles. The number of imide groups is 2. The number of nitrogens with one attached hydrogen (secondary N) is 1. The highest BCUT2D eigenvalue weighted by Gasteiger charge is 2.59. The van der Waals surface area contributed by atoms with Crippen molar-refractivity contribution in [1.29, 1.82) is 0 Å². The van der Waals surface area contributed by atoms with Gasteiger partial charge in [0.15, 0.2) is 0 Å². The first-order valence-corrected chi connectivity index (χ1v) is 9.31. The predicted molar refractivity (Wildman–Crippen MR) is 98.6 cm³/mol. The molecule has 4 amide bonds. The zero-order valence-corrected chi connectivity index (χ0v) is 15.3. The topological polar surface area (TPSA) is 102 Å². The molecule has 0 saturated carbocycles. The van der Waals surface area contributed by atoms with Gasteiger partial charge in [0.1, 0.15) is 0 Å². The van der Waals surface area contributed by atoms with Gasteiger partial charge in [0.25, 0.3) is 0 Å². The van der Waals surface area contributed by atoms with Crippen LogP contribution in [-0.4, -0.2) is 60.0 Å². The number of likely N-dealkylation sites (tertiary alicyclic amines) is 1. The van der Waals surface area contributed by atoms with Gasteiger partial charge in [-0.1, -0.05) is 45.6 Å². The number of hydrogen-bond donors (Lipinski definition) is 1. The van der Waals surface area contributed by atoms with Gasteiger partial charge in [-0.05, 0) is 0 Å². The van der Waals surface area contributed by atoms with Crippen LogP contribution in [0.5, 0.6) is 0 Å².